The number of thioether (sulfide) groups is 1. The van der Waals surface area contributed by atoms with Gasteiger partial charge in [-0.3, -0.25) is 8.78 Å². The molecule has 1 N–H and O–H groups in total. The van der Waals surface area contributed by atoms with Gasteiger partial charge in [0.25, 0.3) is 0 Å². The molecule has 2 aliphatic rings. The summed E-state index contributed by atoms with van der Waals surface area (Å²) in [6.45, 7) is 1.59. The third kappa shape index (κ3) is 4.03. The van der Waals surface area contributed by atoms with Crippen molar-refractivity contribution in [3.8, 4) is 11.1 Å². The van der Waals surface area contributed by atoms with Gasteiger partial charge in [-0.25, -0.2) is 13.6 Å². The molecule has 0 spiro atoms. The number of hydrogen-bond acceptors (Lipinski definition) is 7. The zero-order chi connectivity index (χ0) is 23.3. The predicted octanol–water partition coefficient (Wildman–Crippen LogP) is 3.23. The van der Waals surface area contributed by atoms with Crippen LogP contribution in [-0.4, -0.2) is 43.7 Å². The molecular weight excluding hydrogens is 494 g/mol. The van der Waals surface area contributed by atoms with Gasteiger partial charge in [-0.15, -0.1) is 11.8 Å². The Balaban J connectivity index is 1.75. The highest BCUT2D eigenvalue weighted by Gasteiger charge is 2.27. The van der Waals surface area contributed by atoms with Crippen LogP contribution in [0.3, 0.4) is 0 Å². The van der Waals surface area contributed by atoms with Gasteiger partial charge in [0.1, 0.15) is 17.5 Å². The maximum Gasteiger partial charge on any atom is 0.350 e. The Bertz CT molecular complexity index is 1410. The first kappa shape index (κ1) is 22.3. The fourth-order valence-corrected chi connectivity index (χ4v) is 6.15. The molecule has 0 radical (unpaired) electrons. The van der Waals surface area contributed by atoms with Crippen LogP contribution in [-0.2, 0) is 17.6 Å². The predicted molar refractivity (Wildman–Crippen MR) is 124 cm³/mol. The number of anilines is 1. The minimum atomic E-state index is -2.37. The summed E-state index contributed by atoms with van der Waals surface area (Å²) in [7, 11) is 0. The van der Waals surface area contributed by atoms with Crippen molar-refractivity contribution in [1.82, 2.24) is 14.9 Å². The Morgan fingerprint density at radius 3 is 2.85 bits per heavy atom. The molecule has 33 heavy (non-hydrogen) atoms. The summed E-state index contributed by atoms with van der Waals surface area (Å²) in [6, 6.07) is 4.94. The van der Waals surface area contributed by atoms with E-state index in [0.29, 0.717) is 58.3 Å². The highest BCUT2D eigenvalue weighted by Crippen LogP contribution is 2.46. The molecule has 1 fully saturated rings. The van der Waals surface area contributed by atoms with E-state index in [2.05, 4.69) is 10.3 Å². The summed E-state index contributed by atoms with van der Waals surface area (Å²) in [5.41, 5.74) is 1.16. The van der Waals surface area contributed by atoms with E-state index in [1.165, 1.54) is 28.5 Å². The maximum absolute atomic E-state index is 14.7. The summed E-state index contributed by atoms with van der Waals surface area (Å²) in [4.78, 5) is 19.7. The molecule has 1 atom stereocenters. The van der Waals surface area contributed by atoms with Crippen LogP contribution >= 0.6 is 23.4 Å². The van der Waals surface area contributed by atoms with Crippen molar-refractivity contribution < 1.29 is 17.5 Å². The van der Waals surface area contributed by atoms with E-state index < -0.39 is 28.4 Å². The topological polar surface area (TPSA) is 90.3 Å². The standard InChI is InChI=1S/C21H17ClF2N4O3S2/c22-15-8-14-18-19(17(15)13-2-1-11(23)7-16(13)24)32-6-5-28(18)21(29)26-20(14)27-4-3-25-12(9-27)10-33(30)31/h1-2,7-8,10,25H,3-6,9H2,(H,30,31)/p-1/b12-10+. The van der Waals surface area contributed by atoms with Crippen molar-refractivity contribution in [2.45, 2.75) is 11.4 Å². The smallest absolute Gasteiger partial charge is 0.350 e. The molecule has 0 amide bonds. The molecule has 3 aromatic rings. The first-order chi connectivity index (χ1) is 15.8. The monoisotopic (exact) mass is 509 g/mol. The number of halogens is 3. The SMILES string of the molecule is O=c1nc(N2CCN/C(=C/S(=O)[O-])C2)c2cc(Cl)c(-c3ccc(F)cc3F)c3c2n1CCS3. The molecule has 12 heteroatoms. The van der Waals surface area contributed by atoms with Crippen molar-refractivity contribution in [3.05, 3.63) is 62.5 Å². The van der Waals surface area contributed by atoms with Crippen molar-refractivity contribution in [2.24, 2.45) is 0 Å². The quantitative estimate of drug-likeness (QED) is 0.542. The molecule has 1 unspecified atom stereocenters. The number of piperazine rings is 1. The summed E-state index contributed by atoms with van der Waals surface area (Å²) < 4.78 is 51.9. The lowest BCUT2D eigenvalue weighted by Crippen LogP contribution is -2.43. The van der Waals surface area contributed by atoms with Gasteiger partial charge in [0.2, 0.25) is 0 Å². The zero-order valence-electron chi connectivity index (χ0n) is 16.9. The molecule has 0 saturated carbocycles. The van der Waals surface area contributed by atoms with Crippen molar-refractivity contribution in [2.75, 3.05) is 30.3 Å². The molecule has 1 saturated heterocycles. The Morgan fingerprint density at radius 2 is 2.09 bits per heavy atom. The van der Waals surface area contributed by atoms with Gasteiger partial charge in [0.15, 0.2) is 0 Å². The molecule has 0 bridgehead atoms. The van der Waals surface area contributed by atoms with Gasteiger partial charge in [0.05, 0.1) is 17.1 Å². The number of aromatic nitrogens is 2. The molecule has 7 nitrogen and oxygen atoms in total. The van der Waals surface area contributed by atoms with Crippen LogP contribution in [0.2, 0.25) is 5.02 Å². The Kier molecular flexibility index (Phi) is 5.89. The average Bonchev–Trinajstić information content (AvgIpc) is 2.76. The van der Waals surface area contributed by atoms with E-state index in [0.717, 1.165) is 11.5 Å². The molecule has 3 heterocycles. The van der Waals surface area contributed by atoms with Crippen molar-refractivity contribution >= 4 is 51.2 Å². The molecule has 2 aromatic carbocycles. The molecular formula is C21H16ClF2N4O3S2-. The maximum atomic E-state index is 14.7. The van der Waals surface area contributed by atoms with E-state index in [4.69, 9.17) is 11.6 Å². The lowest BCUT2D eigenvalue weighted by molar-refractivity contribution is 0.545. The molecule has 0 aliphatic carbocycles. The van der Waals surface area contributed by atoms with Crippen LogP contribution in [0, 0.1) is 11.6 Å². The summed E-state index contributed by atoms with van der Waals surface area (Å²) in [6.07, 6.45) is 0. The number of hydrogen-bond donors (Lipinski definition) is 1. The highest BCUT2D eigenvalue weighted by molar-refractivity contribution is 7.99. The zero-order valence-corrected chi connectivity index (χ0v) is 19.3. The lowest BCUT2D eigenvalue weighted by Gasteiger charge is -2.33. The van der Waals surface area contributed by atoms with Gasteiger partial charge in [-0.1, -0.05) is 11.6 Å². The van der Waals surface area contributed by atoms with Crippen LogP contribution < -0.4 is 15.9 Å². The van der Waals surface area contributed by atoms with E-state index in [9.17, 15) is 22.3 Å². The van der Waals surface area contributed by atoms with Crippen molar-refractivity contribution in [1.29, 1.82) is 0 Å². The van der Waals surface area contributed by atoms with Crippen LogP contribution in [0.5, 0.6) is 0 Å². The minimum absolute atomic E-state index is 0.148. The van der Waals surface area contributed by atoms with Crippen molar-refractivity contribution in [3.63, 3.8) is 0 Å². The summed E-state index contributed by atoms with van der Waals surface area (Å²) >= 11 is 5.72. The van der Waals surface area contributed by atoms with E-state index in [1.54, 1.807) is 6.07 Å². The Morgan fingerprint density at radius 1 is 1.27 bits per heavy atom. The van der Waals surface area contributed by atoms with Gasteiger partial charge in [-0.05, 0) is 29.3 Å². The van der Waals surface area contributed by atoms with Crippen LogP contribution in [0.1, 0.15) is 0 Å². The lowest BCUT2D eigenvalue weighted by atomic mass is 10.0. The average molecular weight is 510 g/mol. The third-order valence-corrected chi connectivity index (χ3v) is 7.39. The largest absolute Gasteiger partial charge is 0.769 e. The second kappa shape index (κ2) is 8.71. The van der Waals surface area contributed by atoms with Gasteiger partial charge in [-0.2, -0.15) is 4.98 Å². The number of rotatable bonds is 3. The van der Waals surface area contributed by atoms with Gasteiger partial charge >= 0.3 is 5.69 Å². The van der Waals surface area contributed by atoms with E-state index in [-0.39, 0.29) is 17.1 Å². The molecule has 2 aliphatic heterocycles. The van der Waals surface area contributed by atoms with E-state index in [1.807, 2.05) is 4.90 Å². The number of nitrogens with zero attached hydrogens (tertiary/aromatic N) is 3. The molecule has 1 aromatic heterocycles. The number of nitrogens with one attached hydrogen (secondary N) is 1. The Hall–Kier alpha value is -2.47. The summed E-state index contributed by atoms with van der Waals surface area (Å²) in [5.74, 6) is -0.495. The van der Waals surface area contributed by atoms with E-state index >= 15 is 0 Å². The second-order valence-corrected chi connectivity index (χ2v) is 9.82. The van der Waals surface area contributed by atoms with Crippen LogP contribution in [0.15, 0.2) is 45.1 Å². The first-order valence-electron chi connectivity index (χ1n) is 9.96. The Labute approximate surface area is 198 Å². The van der Waals surface area contributed by atoms with Gasteiger partial charge < -0.3 is 14.8 Å². The second-order valence-electron chi connectivity index (χ2n) is 7.55. The first-order valence-corrected chi connectivity index (χ1v) is 12.5. The van der Waals surface area contributed by atoms with Gasteiger partial charge in [0, 0.05) is 64.0 Å². The molecule has 5 rings (SSSR count). The third-order valence-electron chi connectivity index (χ3n) is 5.55. The fourth-order valence-electron chi connectivity index (χ4n) is 4.20. The molecule has 172 valence electrons. The normalized spacial score (nSPS) is 17.9. The minimum Gasteiger partial charge on any atom is -0.769 e. The van der Waals surface area contributed by atoms with Crippen LogP contribution in [0.25, 0.3) is 22.0 Å². The fraction of sp³-hybridized carbons (Fsp3) is 0.238. The number of aryl methyl sites for hydroxylation is 1. The summed E-state index contributed by atoms with van der Waals surface area (Å²) in [5, 5.41) is 4.97. The number of benzene rings is 2. The highest BCUT2D eigenvalue weighted by atomic mass is 35.5. The van der Waals surface area contributed by atoms with Crippen LogP contribution in [0.4, 0.5) is 14.6 Å².